The first-order valence-electron chi connectivity index (χ1n) is 11.3. The Kier molecular flexibility index (Phi) is 6.74. The van der Waals surface area contributed by atoms with Gasteiger partial charge in [0.25, 0.3) is 0 Å². The summed E-state index contributed by atoms with van der Waals surface area (Å²) < 4.78 is 20.1. The third-order valence-electron chi connectivity index (χ3n) is 6.28. The average molecular weight is 453 g/mol. The number of hydrogen-bond acceptors (Lipinski definition) is 6. The molecule has 2 aliphatic heterocycles. The summed E-state index contributed by atoms with van der Waals surface area (Å²) in [4.78, 5) is 23.9. The molecule has 2 atom stereocenters. The van der Waals surface area contributed by atoms with E-state index in [9.17, 15) is 14.0 Å². The van der Waals surface area contributed by atoms with E-state index in [0.29, 0.717) is 43.3 Å². The van der Waals surface area contributed by atoms with Gasteiger partial charge in [0.15, 0.2) is 5.78 Å². The van der Waals surface area contributed by atoms with Crippen LogP contribution >= 0.6 is 0 Å². The second kappa shape index (κ2) is 9.70. The second-order valence-corrected chi connectivity index (χ2v) is 8.46. The zero-order valence-corrected chi connectivity index (χ0v) is 18.9. The zero-order chi connectivity index (χ0) is 23.4. The highest BCUT2D eigenvalue weighted by atomic mass is 19.1. The molecule has 174 valence electrons. The largest absolute Gasteiger partial charge is 0.489 e. The molecular formula is C25H29FN4O3. The molecule has 0 saturated heterocycles. The summed E-state index contributed by atoms with van der Waals surface area (Å²) in [6.45, 7) is 5.31. The van der Waals surface area contributed by atoms with Crippen molar-refractivity contribution in [3.05, 3.63) is 59.9 Å². The van der Waals surface area contributed by atoms with Crippen molar-refractivity contribution in [2.24, 2.45) is 5.10 Å². The number of benzene rings is 2. The Bertz CT molecular complexity index is 1060. The summed E-state index contributed by atoms with van der Waals surface area (Å²) in [6.07, 6.45) is 1.44. The normalized spacial score (nSPS) is 21.0. The molecule has 0 aromatic heterocycles. The number of hydrogen-bond donors (Lipinski definition) is 2. The maximum absolute atomic E-state index is 14.1. The van der Waals surface area contributed by atoms with Crippen LogP contribution in [0.5, 0.6) is 5.75 Å². The second-order valence-electron chi connectivity index (χ2n) is 8.46. The third-order valence-corrected chi connectivity index (χ3v) is 6.28. The van der Waals surface area contributed by atoms with Crippen molar-refractivity contribution >= 4 is 23.1 Å². The van der Waals surface area contributed by atoms with Gasteiger partial charge in [0.05, 0.1) is 5.41 Å². The molecule has 1 amide bonds. The SMILES string of the molecule is CC(=O)NCCNCCC[C@]1(c2ccccc2)C(C(C)=O)=NN2c3cc(F)ccc3OC[C@H]21. The van der Waals surface area contributed by atoms with Crippen LogP contribution in [-0.4, -0.2) is 49.7 Å². The van der Waals surface area contributed by atoms with Gasteiger partial charge >= 0.3 is 0 Å². The number of fused-ring (bicyclic) bond motifs is 3. The van der Waals surface area contributed by atoms with Crippen molar-refractivity contribution in [3.8, 4) is 5.75 Å². The Morgan fingerprint density at radius 2 is 1.94 bits per heavy atom. The lowest BCUT2D eigenvalue weighted by atomic mass is 9.67. The smallest absolute Gasteiger partial charge is 0.216 e. The quantitative estimate of drug-likeness (QED) is 0.572. The summed E-state index contributed by atoms with van der Waals surface area (Å²) in [5.41, 5.74) is 1.32. The molecule has 0 saturated carbocycles. The van der Waals surface area contributed by atoms with Crippen LogP contribution in [0.3, 0.4) is 0 Å². The van der Waals surface area contributed by atoms with E-state index in [0.717, 1.165) is 18.5 Å². The lowest BCUT2D eigenvalue weighted by Crippen LogP contribution is -2.54. The van der Waals surface area contributed by atoms with Gasteiger partial charge in [0.1, 0.15) is 35.6 Å². The fraction of sp³-hybridized carbons (Fsp3) is 0.400. The van der Waals surface area contributed by atoms with Gasteiger partial charge in [-0.25, -0.2) is 4.39 Å². The number of rotatable bonds is 9. The predicted octanol–water partition coefficient (Wildman–Crippen LogP) is 2.80. The van der Waals surface area contributed by atoms with Gasteiger partial charge < -0.3 is 15.4 Å². The topological polar surface area (TPSA) is 83.0 Å². The highest BCUT2D eigenvalue weighted by Gasteiger charge is 2.55. The Balaban J connectivity index is 1.63. The minimum Gasteiger partial charge on any atom is -0.489 e. The van der Waals surface area contributed by atoms with Gasteiger partial charge in [0.2, 0.25) is 5.91 Å². The van der Waals surface area contributed by atoms with E-state index in [1.54, 1.807) is 11.1 Å². The summed E-state index contributed by atoms with van der Waals surface area (Å²) in [5, 5.41) is 12.6. The molecule has 2 aromatic carbocycles. The Morgan fingerprint density at radius 1 is 1.15 bits per heavy atom. The summed E-state index contributed by atoms with van der Waals surface area (Å²) in [5.74, 6) is 0.0213. The number of anilines is 1. The minimum atomic E-state index is -0.684. The Hall–Kier alpha value is -3.26. The van der Waals surface area contributed by atoms with Crippen LogP contribution in [0.15, 0.2) is 53.6 Å². The maximum atomic E-state index is 14.1. The van der Waals surface area contributed by atoms with Crippen molar-refractivity contribution < 1.29 is 18.7 Å². The molecule has 0 unspecified atom stereocenters. The molecule has 8 heteroatoms. The number of carbonyl (C=O) groups excluding carboxylic acids is 2. The fourth-order valence-corrected chi connectivity index (χ4v) is 4.85. The first kappa shape index (κ1) is 22.9. The summed E-state index contributed by atoms with van der Waals surface area (Å²) in [6, 6.07) is 14.0. The molecule has 4 rings (SSSR count). The van der Waals surface area contributed by atoms with Crippen molar-refractivity contribution in [2.75, 3.05) is 31.3 Å². The first-order chi connectivity index (χ1) is 15.9. The van der Waals surface area contributed by atoms with Crippen molar-refractivity contribution in [2.45, 2.75) is 38.1 Å². The predicted molar refractivity (Wildman–Crippen MR) is 125 cm³/mol. The van der Waals surface area contributed by atoms with E-state index in [1.165, 1.54) is 26.0 Å². The van der Waals surface area contributed by atoms with E-state index in [2.05, 4.69) is 10.6 Å². The molecule has 0 spiro atoms. The van der Waals surface area contributed by atoms with E-state index >= 15 is 0 Å². The monoisotopic (exact) mass is 452 g/mol. The van der Waals surface area contributed by atoms with E-state index < -0.39 is 5.41 Å². The lowest BCUT2D eigenvalue weighted by molar-refractivity contribution is -0.119. The van der Waals surface area contributed by atoms with Crippen molar-refractivity contribution in [1.82, 2.24) is 10.6 Å². The maximum Gasteiger partial charge on any atom is 0.216 e. The van der Waals surface area contributed by atoms with Crippen LogP contribution < -0.4 is 20.4 Å². The molecule has 0 radical (unpaired) electrons. The molecule has 2 aliphatic rings. The van der Waals surface area contributed by atoms with Gasteiger partial charge in [-0.05, 0) is 37.1 Å². The zero-order valence-electron chi connectivity index (χ0n) is 18.9. The molecule has 0 fully saturated rings. The molecule has 2 N–H and O–H groups in total. The number of Topliss-reactive ketones (excluding diaryl/α,β-unsaturated/α-hetero) is 1. The fourth-order valence-electron chi connectivity index (χ4n) is 4.85. The number of halogens is 1. The summed E-state index contributed by atoms with van der Waals surface area (Å²) >= 11 is 0. The Labute approximate surface area is 193 Å². The van der Waals surface area contributed by atoms with Gasteiger partial charge in [-0.1, -0.05) is 30.3 Å². The number of hydrazone groups is 1. The van der Waals surface area contributed by atoms with Crippen LogP contribution in [0.1, 0.15) is 32.3 Å². The molecule has 7 nitrogen and oxygen atoms in total. The first-order valence-corrected chi connectivity index (χ1v) is 11.3. The molecule has 0 bridgehead atoms. The molecule has 2 aromatic rings. The van der Waals surface area contributed by atoms with Gasteiger partial charge in [-0.15, -0.1) is 0 Å². The number of amides is 1. The highest BCUT2D eigenvalue weighted by molar-refractivity contribution is 6.43. The van der Waals surface area contributed by atoms with Gasteiger partial charge in [-0.2, -0.15) is 5.10 Å². The number of carbonyl (C=O) groups is 2. The number of ketones is 1. The van der Waals surface area contributed by atoms with Crippen molar-refractivity contribution in [1.29, 1.82) is 0 Å². The van der Waals surface area contributed by atoms with Crippen LogP contribution in [-0.2, 0) is 15.0 Å². The van der Waals surface area contributed by atoms with Crippen LogP contribution in [0.2, 0.25) is 0 Å². The standard InChI is InChI=1S/C25H29FN4O3/c1-17(31)24-25(19-7-4-3-5-8-19,11-6-12-27-13-14-28-18(2)32)23-16-33-22-10-9-20(26)15-21(22)30(23)29-24/h3-5,7-10,15,23,27H,6,11-14,16H2,1-2H3,(H,28,32)/t23-,25+/m0/s1. The lowest BCUT2D eigenvalue weighted by Gasteiger charge is -2.41. The molecule has 0 aliphatic carbocycles. The van der Waals surface area contributed by atoms with Crippen LogP contribution in [0.4, 0.5) is 10.1 Å². The highest BCUT2D eigenvalue weighted by Crippen LogP contribution is 2.48. The summed E-state index contributed by atoms with van der Waals surface area (Å²) in [7, 11) is 0. The number of ether oxygens (including phenoxy) is 1. The Morgan fingerprint density at radius 3 is 2.67 bits per heavy atom. The average Bonchev–Trinajstić information content (AvgIpc) is 3.15. The molecular weight excluding hydrogens is 423 g/mol. The van der Waals surface area contributed by atoms with E-state index in [4.69, 9.17) is 9.84 Å². The number of nitrogens with zero attached hydrogens (tertiary/aromatic N) is 2. The van der Waals surface area contributed by atoms with Gasteiger partial charge in [0, 0.05) is 33.0 Å². The van der Waals surface area contributed by atoms with Gasteiger partial charge in [-0.3, -0.25) is 14.6 Å². The number of nitrogens with one attached hydrogen (secondary N) is 2. The van der Waals surface area contributed by atoms with Crippen LogP contribution in [0, 0.1) is 5.82 Å². The van der Waals surface area contributed by atoms with Crippen LogP contribution in [0.25, 0.3) is 0 Å². The van der Waals surface area contributed by atoms with E-state index in [-0.39, 0.29) is 23.5 Å². The molecule has 33 heavy (non-hydrogen) atoms. The minimum absolute atomic E-state index is 0.0535. The van der Waals surface area contributed by atoms with Crippen molar-refractivity contribution in [3.63, 3.8) is 0 Å². The molecule has 2 heterocycles. The third kappa shape index (κ3) is 4.48. The van der Waals surface area contributed by atoms with E-state index in [1.807, 2.05) is 30.3 Å².